The van der Waals surface area contributed by atoms with Crippen molar-refractivity contribution in [3.05, 3.63) is 0 Å². The Bertz CT molecular complexity index is 430. The van der Waals surface area contributed by atoms with Crippen LogP contribution in [0.4, 0.5) is 17.8 Å². The third-order valence-corrected chi connectivity index (χ3v) is 2.44. The molecule has 0 aliphatic rings. The van der Waals surface area contributed by atoms with Crippen molar-refractivity contribution in [2.45, 2.75) is 13.8 Å². The second-order valence-corrected chi connectivity index (χ2v) is 3.81. The Hall–Kier alpha value is -1.83. The van der Waals surface area contributed by atoms with Crippen molar-refractivity contribution < 1.29 is 29.8 Å². The minimum absolute atomic E-state index is 0.0528. The summed E-state index contributed by atoms with van der Waals surface area (Å²) in [6.45, 7) is 2.41. The molecule has 132 valence electrons. The number of rotatable bonds is 11. The maximum absolute atomic E-state index is 9.36. The van der Waals surface area contributed by atoms with E-state index in [1.165, 1.54) is 7.11 Å². The number of hydroxylamine groups is 3. The summed E-state index contributed by atoms with van der Waals surface area (Å²) in [6, 6.07) is 0. The van der Waals surface area contributed by atoms with Crippen molar-refractivity contribution in [1.82, 2.24) is 15.0 Å². The van der Waals surface area contributed by atoms with E-state index < -0.39 is 20.2 Å². The van der Waals surface area contributed by atoms with Crippen molar-refractivity contribution in [1.29, 1.82) is 0 Å². The van der Waals surface area contributed by atoms with Crippen LogP contribution in [0.15, 0.2) is 0 Å². The number of aromatic nitrogens is 3. The van der Waals surface area contributed by atoms with Gasteiger partial charge >= 0.3 is 0 Å². The first-order valence-electron chi connectivity index (χ1n) is 6.86. The summed E-state index contributed by atoms with van der Waals surface area (Å²) in [7, 11) is 1.32. The molecule has 23 heavy (non-hydrogen) atoms. The van der Waals surface area contributed by atoms with E-state index in [1.54, 1.807) is 13.8 Å². The summed E-state index contributed by atoms with van der Waals surface area (Å²) < 4.78 is 0. The Balaban J connectivity index is 3.30. The van der Waals surface area contributed by atoms with Gasteiger partial charge in [-0.3, -0.25) is 14.5 Å². The lowest BCUT2D eigenvalue weighted by atomic mass is 10.7. The van der Waals surface area contributed by atoms with E-state index in [0.717, 1.165) is 15.2 Å². The second kappa shape index (κ2) is 10.0. The van der Waals surface area contributed by atoms with Crippen LogP contribution >= 0.6 is 0 Å². The molecule has 0 amide bonds. The van der Waals surface area contributed by atoms with Gasteiger partial charge in [-0.15, -0.1) is 0 Å². The lowest BCUT2D eigenvalue weighted by molar-refractivity contribution is 0.0595. The van der Waals surface area contributed by atoms with Crippen LogP contribution in [-0.4, -0.2) is 70.8 Å². The molecule has 0 radical (unpaired) electrons. The van der Waals surface area contributed by atoms with Crippen LogP contribution in [0.2, 0.25) is 0 Å². The molecule has 0 saturated heterocycles. The van der Waals surface area contributed by atoms with Crippen LogP contribution < -0.4 is 15.2 Å². The molecule has 1 heterocycles. The number of hydrogen-bond acceptors (Lipinski definition) is 12. The highest BCUT2D eigenvalue weighted by Crippen LogP contribution is 2.19. The zero-order chi connectivity index (χ0) is 17.2. The molecule has 0 aromatic carbocycles. The summed E-state index contributed by atoms with van der Waals surface area (Å²) >= 11 is 0. The molecule has 0 saturated carbocycles. The first-order valence-corrected chi connectivity index (χ1v) is 6.86. The normalized spacial score (nSPS) is 10.7. The summed E-state index contributed by atoms with van der Waals surface area (Å²) in [5.74, 6) is -0.169. The monoisotopic (exact) mass is 334 g/mol. The average molecular weight is 334 g/mol. The molecule has 0 bridgehead atoms. The first-order chi connectivity index (χ1) is 11.1. The Morgan fingerprint density at radius 1 is 0.739 bits per heavy atom. The SMILES string of the molecule is CCON(CO)c1nc(N(CO)OC)nc(N(CO)OCC)n1. The molecule has 0 fully saturated rings. The average Bonchev–Trinajstić information content (AvgIpc) is 2.58. The van der Waals surface area contributed by atoms with Crippen LogP contribution in [0.3, 0.4) is 0 Å². The highest BCUT2D eigenvalue weighted by Gasteiger charge is 2.20. The summed E-state index contributed by atoms with van der Waals surface area (Å²) in [5, 5.41) is 31.0. The van der Waals surface area contributed by atoms with E-state index in [1.807, 2.05) is 0 Å². The van der Waals surface area contributed by atoms with Gasteiger partial charge < -0.3 is 15.3 Å². The van der Waals surface area contributed by atoms with Crippen LogP contribution in [0.25, 0.3) is 0 Å². The Morgan fingerprint density at radius 2 is 1.09 bits per heavy atom. The van der Waals surface area contributed by atoms with E-state index in [0.29, 0.717) is 0 Å². The number of aliphatic hydroxyl groups is 3. The van der Waals surface area contributed by atoms with E-state index in [4.69, 9.17) is 14.5 Å². The molecule has 0 spiro atoms. The molecule has 1 aromatic rings. The number of aliphatic hydroxyl groups excluding tert-OH is 3. The molecule has 12 heteroatoms. The maximum Gasteiger partial charge on any atom is 0.258 e. The van der Waals surface area contributed by atoms with Crippen molar-refractivity contribution >= 4 is 17.8 Å². The summed E-state index contributed by atoms with van der Waals surface area (Å²) in [5.41, 5.74) is 0. The van der Waals surface area contributed by atoms with Crippen molar-refractivity contribution in [3.63, 3.8) is 0 Å². The van der Waals surface area contributed by atoms with Crippen LogP contribution in [-0.2, 0) is 14.5 Å². The first kappa shape index (κ1) is 19.2. The maximum atomic E-state index is 9.36. The zero-order valence-corrected chi connectivity index (χ0v) is 13.3. The highest BCUT2D eigenvalue weighted by molar-refractivity contribution is 5.42. The van der Waals surface area contributed by atoms with E-state index in [-0.39, 0.29) is 31.1 Å². The van der Waals surface area contributed by atoms with Crippen molar-refractivity contribution in [3.8, 4) is 0 Å². The second-order valence-electron chi connectivity index (χ2n) is 3.81. The highest BCUT2D eigenvalue weighted by atomic mass is 16.7. The smallest absolute Gasteiger partial charge is 0.258 e. The van der Waals surface area contributed by atoms with Crippen LogP contribution in [0.1, 0.15) is 13.8 Å². The largest absolute Gasteiger partial charge is 0.374 e. The van der Waals surface area contributed by atoms with Gasteiger partial charge in [0.1, 0.15) is 20.2 Å². The van der Waals surface area contributed by atoms with Gasteiger partial charge in [-0.05, 0) is 13.8 Å². The van der Waals surface area contributed by atoms with Crippen LogP contribution in [0.5, 0.6) is 0 Å². The third-order valence-electron chi connectivity index (χ3n) is 2.44. The van der Waals surface area contributed by atoms with Gasteiger partial charge in [0.25, 0.3) is 17.8 Å². The van der Waals surface area contributed by atoms with Crippen molar-refractivity contribution in [2.75, 3.05) is 55.7 Å². The molecule has 12 nitrogen and oxygen atoms in total. The van der Waals surface area contributed by atoms with E-state index in [9.17, 15) is 15.3 Å². The van der Waals surface area contributed by atoms with Crippen LogP contribution in [0, 0.1) is 0 Å². The quantitative estimate of drug-likeness (QED) is 0.324. The van der Waals surface area contributed by atoms with Gasteiger partial charge in [0.15, 0.2) is 0 Å². The Morgan fingerprint density at radius 3 is 1.35 bits per heavy atom. The molecule has 0 unspecified atom stereocenters. The molecule has 3 N–H and O–H groups in total. The number of anilines is 3. The predicted octanol–water partition coefficient (Wildman–Crippen LogP) is -1.40. The number of hydrogen-bond donors (Lipinski definition) is 3. The minimum atomic E-state index is -0.527. The zero-order valence-electron chi connectivity index (χ0n) is 13.3. The molecular weight excluding hydrogens is 312 g/mol. The lowest BCUT2D eigenvalue weighted by Gasteiger charge is -2.24. The summed E-state index contributed by atoms with van der Waals surface area (Å²) in [4.78, 5) is 27.5. The van der Waals surface area contributed by atoms with E-state index >= 15 is 0 Å². The predicted molar refractivity (Wildman–Crippen MR) is 78.8 cm³/mol. The minimum Gasteiger partial charge on any atom is -0.374 e. The van der Waals surface area contributed by atoms with Gasteiger partial charge in [-0.1, -0.05) is 0 Å². The fourth-order valence-electron chi connectivity index (χ4n) is 1.52. The molecule has 1 rings (SSSR count). The Labute approximate surface area is 133 Å². The van der Waals surface area contributed by atoms with Gasteiger partial charge in [-0.2, -0.15) is 30.1 Å². The Kier molecular flexibility index (Phi) is 8.39. The van der Waals surface area contributed by atoms with Gasteiger partial charge in [-0.25, -0.2) is 0 Å². The van der Waals surface area contributed by atoms with Gasteiger partial charge in [0, 0.05) is 0 Å². The van der Waals surface area contributed by atoms with Gasteiger partial charge in [0.2, 0.25) is 0 Å². The van der Waals surface area contributed by atoms with E-state index in [2.05, 4.69) is 15.0 Å². The molecule has 0 atom stereocenters. The fraction of sp³-hybridized carbons (Fsp3) is 0.727. The summed E-state index contributed by atoms with van der Waals surface area (Å²) in [6.07, 6.45) is 0. The molecule has 1 aromatic heterocycles. The third kappa shape index (κ3) is 5.09. The fourth-order valence-corrected chi connectivity index (χ4v) is 1.52. The van der Waals surface area contributed by atoms with Crippen molar-refractivity contribution in [2.24, 2.45) is 0 Å². The molecule has 0 aliphatic heterocycles. The topological polar surface area (TPSA) is 137 Å². The van der Waals surface area contributed by atoms with Gasteiger partial charge in [0.05, 0.1) is 20.3 Å². The number of nitrogens with zero attached hydrogens (tertiary/aromatic N) is 6. The standard InChI is InChI=1S/C11H22N6O6/c1-4-22-16(7-19)10-12-9(15(6-18)21-3)13-11(14-10)17(8-20)23-5-2/h18-20H,4-8H2,1-3H3. The molecule has 0 aliphatic carbocycles. The molecular formula is C11H22N6O6. The lowest BCUT2D eigenvalue weighted by Crippen LogP contribution is -2.33.